The molecule has 1 atom stereocenters. The zero-order chi connectivity index (χ0) is 31.7. The van der Waals surface area contributed by atoms with Crippen LogP contribution < -0.4 is 14.4 Å². The van der Waals surface area contributed by atoms with Gasteiger partial charge >= 0.3 is 0 Å². The minimum Gasteiger partial charge on any atom is -0.492 e. The van der Waals surface area contributed by atoms with Gasteiger partial charge < -0.3 is 15.0 Å². The van der Waals surface area contributed by atoms with Crippen LogP contribution in [0.2, 0.25) is 5.02 Å². The van der Waals surface area contributed by atoms with Crippen molar-refractivity contribution in [2.24, 2.45) is 0 Å². The molecule has 1 saturated carbocycles. The second kappa shape index (κ2) is 15.4. The van der Waals surface area contributed by atoms with Crippen LogP contribution in [0.15, 0.2) is 77.7 Å². The quantitative estimate of drug-likeness (QED) is 0.235. The van der Waals surface area contributed by atoms with Crippen LogP contribution in [-0.2, 0) is 26.2 Å². The molecular weight excluding hydrogens is 605 g/mol. The van der Waals surface area contributed by atoms with Crippen LogP contribution in [0.5, 0.6) is 5.75 Å². The Morgan fingerprint density at radius 2 is 1.64 bits per heavy atom. The summed E-state index contributed by atoms with van der Waals surface area (Å²) >= 11 is 6.04. The number of hydrogen-bond acceptors (Lipinski definition) is 5. The summed E-state index contributed by atoms with van der Waals surface area (Å²) in [7, 11) is -4.30. The Morgan fingerprint density at radius 3 is 2.27 bits per heavy atom. The molecule has 0 unspecified atom stereocenters. The average Bonchev–Trinajstić information content (AvgIpc) is 3.02. The van der Waals surface area contributed by atoms with Crippen LogP contribution in [0.3, 0.4) is 0 Å². The summed E-state index contributed by atoms with van der Waals surface area (Å²) in [5, 5.41) is 3.48. The fourth-order valence-electron chi connectivity index (χ4n) is 5.44. The van der Waals surface area contributed by atoms with Gasteiger partial charge in [0, 0.05) is 17.6 Å². The largest absolute Gasteiger partial charge is 0.492 e. The first-order valence-corrected chi connectivity index (χ1v) is 16.8. The van der Waals surface area contributed by atoms with E-state index in [1.165, 1.54) is 41.3 Å². The lowest BCUT2D eigenvalue weighted by molar-refractivity contribution is -0.140. The van der Waals surface area contributed by atoms with Crippen molar-refractivity contribution in [3.8, 4) is 5.75 Å². The highest BCUT2D eigenvalue weighted by atomic mass is 35.5. The van der Waals surface area contributed by atoms with Crippen molar-refractivity contribution in [2.75, 3.05) is 17.5 Å². The Bertz CT molecular complexity index is 1510. The number of nitrogens with one attached hydrogen (secondary N) is 1. The third-order valence-corrected chi connectivity index (χ3v) is 9.74. The number of rotatable bonds is 13. The first kappa shape index (κ1) is 33.3. The van der Waals surface area contributed by atoms with E-state index in [0.29, 0.717) is 17.0 Å². The highest BCUT2D eigenvalue weighted by Crippen LogP contribution is 2.33. The summed E-state index contributed by atoms with van der Waals surface area (Å²) in [5.74, 6) is -1.03. The van der Waals surface area contributed by atoms with Crippen LogP contribution in [0.25, 0.3) is 0 Å². The van der Waals surface area contributed by atoms with Gasteiger partial charge in [0.2, 0.25) is 11.8 Å². The number of halogens is 2. The predicted octanol–water partition coefficient (Wildman–Crippen LogP) is 6.33. The molecule has 2 amide bonds. The number of para-hydroxylation sites is 2. The molecule has 0 heterocycles. The molecule has 1 N–H and O–H groups in total. The zero-order valence-electron chi connectivity index (χ0n) is 25.0. The Hall–Kier alpha value is -3.63. The molecule has 1 aliphatic carbocycles. The monoisotopic (exact) mass is 643 g/mol. The number of benzene rings is 3. The number of sulfonamides is 1. The van der Waals surface area contributed by atoms with Crippen LogP contribution in [0, 0.1) is 5.82 Å². The molecule has 1 aliphatic rings. The molecule has 0 aliphatic heterocycles. The lowest BCUT2D eigenvalue weighted by atomic mass is 9.95. The number of amides is 2. The van der Waals surface area contributed by atoms with Crippen LogP contribution in [0.1, 0.15) is 57.9 Å². The van der Waals surface area contributed by atoms with Gasteiger partial charge in [0.05, 0.1) is 17.2 Å². The molecular formula is C33H39ClFN3O5S. The topological polar surface area (TPSA) is 96.0 Å². The summed E-state index contributed by atoms with van der Waals surface area (Å²) < 4.78 is 48.8. The highest BCUT2D eigenvalue weighted by Gasteiger charge is 2.35. The van der Waals surface area contributed by atoms with Gasteiger partial charge in [-0.3, -0.25) is 13.9 Å². The normalized spacial score (nSPS) is 14.5. The number of nitrogens with zero attached hydrogens (tertiary/aromatic N) is 2. The van der Waals surface area contributed by atoms with Crippen molar-refractivity contribution >= 4 is 39.1 Å². The third kappa shape index (κ3) is 8.30. The van der Waals surface area contributed by atoms with E-state index in [9.17, 15) is 22.4 Å². The highest BCUT2D eigenvalue weighted by molar-refractivity contribution is 7.92. The fraction of sp³-hybridized carbons (Fsp3) is 0.394. The number of carbonyl (C=O) groups excluding carboxylic acids is 2. The van der Waals surface area contributed by atoms with Gasteiger partial charge in [-0.2, -0.15) is 0 Å². The van der Waals surface area contributed by atoms with E-state index in [1.807, 2.05) is 6.92 Å². The van der Waals surface area contributed by atoms with E-state index in [2.05, 4.69) is 5.32 Å². The lowest BCUT2D eigenvalue weighted by Gasteiger charge is -2.34. The SMILES string of the molecule is CCOc1ccccc1N(CC(=O)N(Cc1ccc(F)cc1)[C@@H](CC)C(=O)NC1CCCCC1)S(=O)(=O)c1ccc(Cl)cc1. The molecule has 0 bridgehead atoms. The van der Waals surface area contributed by atoms with Gasteiger partial charge in [0.1, 0.15) is 24.2 Å². The van der Waals surface area contributed by atoms with Gasteiger partial charge in [0.25, 0.3) is 10.0 Å². The van der Waals surface area contributed by atoms with Crippen molar-refractivity contribution in [1.29, 1.82) is 0 Å². The first-order chi connectivity index (χ1) is 21.1. The lowest BCUT2D eigenvalue weighted by Crippen LogP contribution is -2.54. The molecule has 44 heavy (non-hydrogen) atoms. The minimum absolute atomic E-state index is 0.0162. The van der Waals surface area contributed by atoms with Crippen LogP contribution >= 0.6 is 11.6 Å². The zero-order valence-corrected chi connectivity index (χ0v) is 26.6. The van der Waals surface area contributed by atoms with Gasteiger partial charge in [-0.05, 0) is 80.3 Å². The summed E-state index contributed by atoms with van der Waals surface area (Å²) in [5.41, 5.74) is 0.782. The van der Waals surface area contributed by atoms with E-state index in [1.54, 1.807) is 43.3 Å². The maximum absolute atomic E-state index is 14.3. The standard InChI is InChI=1S/C33H39ClFN3O5S/c1-3-29(33(40)36-27-10-6-5-7-11-27)37(22-24-14-18-26(35)19-15-24)32(39)23-38(30-12-8-9-13-31(30)43-4-2)44(41,42)28-20-16-25(34)17-21-28/h8-9,12-21,27,29H,3-7,10-11,22-23H2,1-2H3,(H,36,40)/t29-/m0/s1. The molecule has 11 heteroatoms. The van der Waals surface area contributed by atoms with E-state index in [0.717, 1.165) is 36.4 Å². The number of hydrogen-bond donors (Lipinski definition) is 1. The molecule has 0 aromatic heterocycles. The maximum atomic E-state index is 14.3. The molecule has 0 radical (unpaired) electrons. The van der Waals surface area contributed by atoms with E-state index in [4.69, 9.17) is 16.3 Å². The first-order valence-electron chi connectivity index (χ1n) is 15.0. The van der Waals surface area contributed by atoms with E-state index in [-0.39, 0.29) is 41.4 Å². The average molecular weight is 644 g/mol. The Morgan fingerprint density at radius 1 is 0.977 bits per heavy atom. The smallest absolute Gasteiger partial charge is 0.264 e. The van der Waals surface area contributed by atoms with E-state index < -0.39 is 34.3 Å². The Balaban J connectivity index is 1.74. The molecule has 1 fully saturated rings. The summed E-state index contributed by atoms with van der Waals surface area (Å²) in [6.07, 6.45) is 5.21. The molecule has 0 spiro atoms. The van der Waals surface area contributed by atoms with Crippen molar-refractivity contribution < 1.29 is 27.1 Å². The van der Waals surface area contributed by atoms with E-state index >= 15 is 0 Å². The summed E-state index contributed by atoms with van der Waals surface area (Å²) in [6.45, 7) is 3.24. The molecule has 3 aromatic carbocycles. The molecule has 4 rings (SSSR count). The molecule has 3 aromatic rings. The number of ether oxygens (including phenoxy) is 1. The van der Waals surface area contributed by atoms with Crippen molar-refractivity contribution in [3.63, 3.8) is 0 Å². The molecule has 8 nitrogen and oxygen atoms in total. The second-order valence-electron chi connectivity index (χ2n) is 10.8. The number of carbonyl (C=O) groups is 2. The third-order valence-electron chi connectivity index (χ3n) is 7.72. The maximum Gasteiger partial charge on any atom is 0.264 e. The predicted molar refractivity (Wildman–Crippen MR) is 170 cm³/mol. The molecule has 0 saturated heterocycles. The Kier molecular flexibility index (Phi) is 11.6. The summed E-state index contributed by atoms with van der Waals surface area (Å²) in [6, 6.07) is 17.1. The van der Waals surface area contributed by atoms with Gasteiger partial charge in [-0.25, -0.2) is 12.8 Å². The molecule has 236 valence electrons. The van der Waals surface area contributed by atoms with Crippen molar-refractivity contribution in [1.82, 2.24) is 10.2 Å². The van der Waals surface area contributed by atoms with Crippen LogP contribution in [-0.4, -0.2) is 50.4 Å². The number of anilines is 1. The van der Waals surface area contributed by atoms with Gasteiger partial charge in [-0.1, -0.05) is 62.1 Å². The van der Waals surface area contributed by atoms with Crippen molar-refractivity contribution in [3.05, 3.63) is 89.2 Å². The van der Waals surface area contributed by atoms with Gasteiger partial charge in [-0.15, -0.1) is 0 Å². The van der Waals surface area contributed by atoms with Crippen molar-refractivity contribution in [2.45, 2.75) is 75.9 Å². The summed E-state index contributed by atoms with van der Waals surface area (Å²) in [4.78, 5) is 29.3. The fourth-order valence-corrected chi connectivity index (χ4v) is 6.99. The minimum atomic E-state index is -4.30. The second-order valence-corrected chi connectivity index (χ2v) is 13.1. The van der Waals surface area contributed by atoms with Gasteiger partial charge in [0.15, 0.2) is 0 Å². The van der Waals surface area contributed by atoms with Crippen LogP contribution in [0.4, 0.5) is 10.1 Å². The Labute approximate surface area is 264 Å².